The van der Waals surface area contributed by atoms with E-state index in [9.17, 15) is 19.2 Å². The lowest BCUT2D eigenvalue weighted by atomic mass is 10.1. The maximum Gasteiger partial charge on any atom is 0.415 e. The minimum Gasteiger partial charge on any atom is -0.493 e. The van der Waals surface area contributed by atoms with Crippen molar-refractivity contribution in [2.45, 2.75) is 6.42 Å². The summed E-state index contributed by atoms with van der Waals surface area (Å²) in [6.45, 7) is 4.36. The smallest absolute Gasteiger partial charge is 0.415 e. The molecule has 12 heteroatoms. The third-order valence-corrected chi connectivity index (χ3v) is 6.69. The number of hydrogen-bond donors (Lipinski definition) is 1. The van der Waals surface area contributed by atoms with E-state index in [-0.39, 0.29) is 29.5 Å². The SMILES string of the molecule is COc1cc(/C=C/C(=O)CC(=O)/C=C/c2ccc(OC(=O)N3CCOCC3)c(OC)c2)ccc1OC(=O)N1CCNCC1. The topological polar surface area (TPSA) is 133 Å². The van der Waals surface area contributed by atoms with Crippen LogP contribution in [0.25, 0.3) is 12.2 Å². The van der Waals surface area contributed by atoms with Gasteiger partial charge in [-0.3, -0.25) is 9.59 Å². The molecule has 2 aromatic rings. The molecule has 0 radical (unpaired) electrons. The van der Waals surface area contributed by atoms with Crippen LogP contribution in [0.1, 0.15) is 17.5 Å². The molecule has 4 rings (SSSR count). The van der Waals surface area contributed by atoms with Crippen LogP contribution in [-0.2, 0) is 14.3 Å². The molecule has 12 nitrogen and oxygen atoms in total. The molecule has 0 bridgehead atoms. The molecule has 2 aliphatic rings. The van der Waals surface area contributed by atoms with Crippen LogP contribution in [0.5, 0.6) is 23.0 Å². The predicted molar refractivity (Wildman–Crippen MR) is 158 cm³/mol. The minimum atomic E-state index is -0.490. The first-order chi connectivity index (χ1) is 20.9. The van der Waals surface area contributed by atoms with Crippen LogP contribution < -0.4 is 24.3 Å². The molecule has 0 unspecified atom stereocenters. The summed E-state index contributed by atoms with van der Waals surface area (Å²) in [7, 11) is 2.91. The van der Waals surface area contributed by atoms with Crippen LogP contribution in [0.4, 0.5) is 9.59 Å². The number of methoxy groups -OCH3 is 2. The largest absolute Gasteiger partial charge is 0.493 e. The number of allylic oxidation sites excluding steroid dienone is 2. The molecule has 0 aromatic heterocycles. The fourth-order valence-corrected chi connectivity index (χ4v) is 4.32. The fourth-order valence-electron chi connectivity index (χ4n) is 4.32. The zero-order chi connectivity index (χ0) is 30.6. The van der Waals surface area contributed by atoms with Crippen molar-refractivity contribution in [3.05, 3.63) is 59.7 Å². The Hall–Kier alpha value is -4.68. The number of carbonyl (C=O) groups excluding carboxylic acids is 4. The lowest BCUT2D eigenvalue weighted by molar-refractivity contribution is -0.121. The minimum absolute atomic E-state index is 0.255. The number of hydrogen-bond acceptors (Lipinski definition) is 10. The molecule has 0 saturated carbocycles. The molecule has 2 aromatic carbocycles. The molecule has 0 spiro atoms. The molecular formula is C31H35N3O9. The standard InChI is InChI=1S/C31H35N3O9/c1-39-28-19-22(5-9-26(28)42-30(37)33-13-11-32-12-14-33)3-7-24(35)21-25(36)8-4-23-6-10-27(29(20-23)40-2)43-31(38)34-15-17-41-18-16-34/h3-10,19-20,32H,11-18,21H2,1-2H3/b7-3+,8-4+. The van der Waals surface area contributed by atoms with Gasteiger partial charge in [0, 0.05) is 39.3 Å². The summed E-state index contributed by atoms with van der Waals surface area (Å²) in [6, 6.07) is 9.81. The molecule has 0 aliphatic carbocycles. The zero-order valence-corrected chi connectivity index (χ0v) is 24.2. The van der Waals surface area contributed by atoms with Crippen LogP contribution in [0, 0.1) is 0 Å². The van der Waals surface area contributed by atoms with Crippen LogP contribution >= 0.6 is 0 Å². The van der Waals surface area contributed by atoms with Gasteiger partial charge in [-0.25, -0.2) is 9.59 Å². The first kappa shape index (κ1) is 31.3. The van der Waals surface area contributed by atoms with Gasteiger partial charge in [-0.2, -0.15) is 0 Å². The van der Waals surface area contributed by atoms with E-state index in [1.54, 1.807) is 58.4 Å². The number of nitrogens with one attached hydrogen (secondary N) is 1. The molecule has 1 N–H and O–H groups in total. The van der Waals surface area contributed by atoms with Gasteiger partial charge in [-0.1, -0.05) is 24.3 Å². The predicted octanol–water partition coefficient (Wildman–Crippen LogP) is 3.19. The summed E-state index contributed by atoms with van der Waals surface area (Å²) in [5.74, 6) is 0.430. The highest BCUT2D eigenvalue weighted by atomic mass is 16.6. The summed E-state index contributed by atoms with van der Waals surface area (Å²) in [6.07, 6.45) is 4.48. The van der Waals surface area contributed by atoms with Crippen LogP contribution in [-0.4, -0.2) is 100 Å². The molecule has 0 atom stereocenters. The summed E-state index contributed by atoms with van der Waals surface area (Å²) >= 11 is 0. The van der Waals surface area contributed by atoms with Crippen molar-refractivity contribution in [1.29, 1.82) is 0 Å². The third-order valence-electron chi connectivity index (χ3n) is 6.69. The first-order valence-corrected chi connectivity index (χ1v) is 13.9. The van der Waals surface area contributed by atoms with E-state index in [0.717, 1.165) is 0 Å². The van der Waals surface area contributed by atoms with Crippen molar-refractivity contribution in [3.63, 3.8) is 0 Å². The second-order valence-electron chi connectivity index (χ2n) is 9.67. The highest BCUT2D eigenvalue weighted by Gasteiger charge is 2.21. The average molecular weight is 594 g/mol. The van der Waals surface area contributed by atoms with E-state index in [2.05, 4.69) is 5.32 Å². The first-order valence-electron chi connectivity index (χ1n) is 13.9. The van der Waals surface area contributed by atoms with Gasteiger partial charge in [0.2, 0.25) is 0 Å². The highest BCUT2D eigenvalue weighted by Crippen LogP contribution is 2.30. The quantitative estimate of drug-likeness (QED) is 0.324. The summed E-state index contributed by atoms with van der Waals surface area (Å²) in [4.78, 5) is 52.8. The van der Waals surface area contributed by atoms with E-state index in [1.165, 1.54) is 26.4 Å². The normalized spacial score (nSPS) is 15.4. The molecular weight excluding hydrogens is 558 g/mol. The maximum atomic E-state index is 12.4. The van der Waals surface area contributed by atoms with E-state index < -0.39 is 12.2 Å². The van der Waals surface area contributed by atoms with Gasteiger partial charge in [-0.15, -0.1) is 0 Å². The Morgan fingerprint density at radius 1 is 0.721 bits per heavy atom. The molecule has 2 amide bonds. The number of amides is 2. The number of nitrogens with zero attached hydrogens (tertiary/aromatic N) is 2. The fraction of sp³-hybridized carbons (Fsp3) is 0.355. The number of benzene rings is 2. The average Bonchev–Trinajstić information content (AvgIpc) is 3.04. The van der Waals surface area contributed by atoms with E-state index in [1.807, 2.05) is 0 Å². The van der Waals surface area contributed by atoms with Gasteiger partial charge in [0.1, 0.15) is 0 Å². The number of piperazine rings is 1. The summed E-state index contributed by atoms with van der Waals surface area (Å²) in [5.41, 5.74) is 1.26. The Morgan fingerprint density at radius 3 is 1.65 bits per heavy atom. The highest BCUT2D eigenvalue weighted by molar-refractivity contribution is 6.10. The van der Waals surface area contributed by atoms with Crippen molar-refractivity contribution in [2.75, 3.05) is 66.7 Å². The Bertz CT molecular complexity index is 1270. The Balaban J connectivity index is 1.29. The second kappa shape index (κ2) is 15.5. The van der Waals surface area contributed by atoms with Gasteiger partial charge in [0.05, 0.1) is 33.9 Å². The lowest BCUT2D eigenvalue weighted by Gasteiger charge is -2.26. The maximum absolute atomic E-state index is 12.4. The monoisotopic (exact) mass is 593 g/mol. The Kier molecular flexibility index (Phi) is 11.3. The van der Waals surface area contributed by atoms with Crippen molar-refractivity contribution < 1.29 is 42.9 Å². The molecule has 2 heterocycles. The summed E-state index contributed by atoms with van der Waals surface area (Å²) in [5, 5.41) is 3.18. The van der Waals surface area contributed by atoms with Crippen molar-refractivity contribution in [1.82, 2.24) is 15.1 Å². The Morgan fingerprint density at radius 2 is 1.19 bits per heavy atom. The Labute approximate surface area is 249 Å². The van der Waals surface area contributed by atoms with Crippen molar-refractivity contribution >= 4 is 35.9 Å². The lowest BCUT2D eigenvalue weighted by Crippen LogP contribution is -2.47. The molecule has 2 saturated heterocycles. The second-order valence-corrected chi connectivity index (χ2v) is 9.67. The van der Waals surface area contributed by atoms with Gasteiger partial charge in [0.15, 0.2) is 34.6 Å². The van der Waals surface area contributed by atoms with Crippen molar-refractivity contribution in [2.24, 2.45) is 0 Å². The van der Waals surface area contributed by atoms with Gasteiger partial charge >= 0.3 is 12.2 Å². The molecule has 2 fully saturated rings. The third kappa shape index (κ3) is 9.15. The van der Waals surface area contributed by atoms with E-state index in [0.29, 0.717) is 75.1 Å². The van der Waals surface area contributed by atoms with E-state index in [4.69, 9.17) is 23.7 Å². The number of carbonyl (C=O) groups is 4. The zero-order valence-electron chi connectivity index (χ0n) is 24.2. The number of ketones is 2. The van der Waals surface area contributed by atoms with Crippen LogP contribution in [0.15, 0.2) is 48.6 Å². The molecule has 228 valence electrons. The number of morpholine rings is 1. The van der Waals surface area contributed by atoms with E-state index >= 15 is 0 Å². The number of ether oxygens (including phenoxy) is 5. The molecule has 2 aliphatic heterocycles. The van der Waals surface area contributed by atoms with Gasteiger partial charge in [0.25, 0.3) is 0 Å². The van der Waals surface area contributed by atoms with Crippen LogP contribution in [0.3, 0.4) is 0 Å². The molecule has 43 heavy (non-hydrogen) atoms. The van der Waals surface area contributed by atoms with Gasteiger partial charge < -0.3 is 38.8 Å². The summed E-state index contributed by atoms with van der Waals surface area (Å²) < 4.78 is 26.9. The number of rotatable bonds is 10. The van der Waals surface area contributed by atoms with Gasteiger partial charge in [-0.05, 0) is 47.5 Å². The van der Waals surface area contributed by atoms with Crippen LogP contribution in [0.2, 0.25) is 0 Å². The van der Waals surface area contributed by atoms with Crippen molar-refractivity contribution in [3.8, 4) is 23.0 Å².